The van der Waals surface area contributed by atoms with E-state index in [-0.39, 0.29) is 11.8 Å². The highest BCUT2D eigenvalue weighted by atomic mass is 16.1. The Hall–Kier alpha value is -2.13. The third-order valence-electron chi connectivity index (χ3n) is 3.72. The monoisotopic (exact) mass is 282 g/mol. The molecule has 2 aromatic carbocycles. The van der Waals surface area contributed by atoms with Gasteiger partial charge in [0, 0.05) is 12.2 Å². The van der Waals surface area contributed by atoms with E-state index in [1.54, 1.807) is 0 Å². The normalized spacial score (nSPS) is 12.0. The van der Waals surface area contributed by atoms with Crippen molar-refractivity contribution in [3.05, 3.63) is 65.2 Å². The quantitative estimate of drug-likeness (QED) is 0.880. The number of nitrogens with two attached hydrogens (primary N) is 1. The van der Waals surface area contributed by atoms with Crippen LogP contribution in [0.1, 0.15) is 36.0 Å². The van der Waals surface area contributed by atoms with Gasteiger partial charge in [-0.05, 0) is 36.1 Å². The fourth-order valence-electron chi connectivity index (χ4n) is 2.41. The first-order valence-corrected chi connectivity index (χ1v) is 7.31. The van der Waals surface area contributed by atoms with E-state index in [0.717, 1.165) is 28.8 Å². The van der Waals surface area contributed by atoms with E-state index in [4.69, 9.17) is 5.73 Å². The standard InChI is InChI=1S/C18H22N2O/c1-3-16(15-7-5-4-6-8-15)18(21)20-17-11-14(12-19)10-9-13(17)2/h4-11,16H,3,12,19H2,1-2H3,(H,20,21). The minimum atomic E-state index is -0.132. The molecule has 1 amide bonds. The fourth-order valence-corrected chi connectivity index (χ4v) is 2.41. The number of hydrogen-bond donors (Lipinski definition) is 2. The number of aryl methyl sites for hydroxylation is 1. The molecule has 0 aliphatic carbocycles. The molecule has 0 aliphatic heterocycles. The smallest absolute Gasteiger partial charge is 0.231 e. The lowest BCUT2D eigenvalue weighted by Gasteiger charge is -2.17. The van der Waals surface area contributed by atoms with Gasteiger partial charge < -0.3 is 11.1 Å². The molecule has 0 radical (unpaired) electrons. The van der Waals surface area contributed by atoms with Crippen LogP contribution in [0, 0.1) is 6.92 Å². The van der Waals surface area contributed by atoms with Gasteiger partial charge in [-0.25, -0.2) is 0 Å². The Balaban J connectivity index is 2.20. The van der Waals surface area contributed by atoms with Gasteiger partial charge in [-0.15, -0.1) is 0 Å². The first-order valence-electron chi connectivity index (χ1n) is 7.31. The molecule has 1 atom stereocenters. The maximum Gasteiger partial charge on any atom is 0.231 e. The summed E-state index contributed by atoms with van der Waals surface area (Å²) in [6.45, 7) is 4.48. The zero-order chi connectivity index (χ0) is 15.2. The lowest BCUT2D eigenvalue weighted by molar-refractivity contribution is -0.117. The number of amides is 1. The number of carbonyl (C=O) groups excluding carboxylic acids is 1. The summed E-state index contributed by atoms with van der Waals surface area (Å²) in [5.41, 5.74) is 9.62. The lowest BCUT2D eigenvalue weighted by Crippen LogP contribution is -2.21. The first kappa shape index (κ1) is 15.3. The third-order valence-corrected chi connectivity index (χ3v) is 3.72. The van der Waals surface area contributed by atoms with Gasteiger partial charge in [-0.2, -0.15) is 0 Å². The van der Waals surface area contributed by atoms with E-state index in [1.165, 1.54) is 0 Å². The summed E-state index contributed by atoms with van der Waals surface area (Å²) < 4.78 is 0. The molecule has 1 unspecified atom stereocenters. The highest BCUT2D eigenvalue weighted by molar-refractivity contribution is 5.96. The van der Waals surface area contributed by atoms with Crippen molar-refractivity contribution in [1.29, 1.82) is 0 Å². The highest BCUT2D eigenvalue weighted by Crippen LogP contribution is 2.23. The molecule has 110 valence electrons. The third kappa shape index (κ3) is 3.70. The number of benzene rings is 2. The van der Waals surface area contributed by atoms with Gasteiger partial charge >= 0.3 is 0 Å². The molecule has 0 spiro atoms. The van der Waals surface area contributed by atoms with Crippen molar-refractivity contribution in [2.45, 2.75) is 32.7 Å². The van der Waals surface area contributed by atoms with E-state index >= 15 is 0 Å². The van der Waals surface area contributed by atoms with Crippen molar-refractivity contribution < 1.29 is 4.79 Å². The lowest BCUT2D eigenvalue weighted by atomic mass is 9.95. The van der Waals surface area contributed by atoms with E-state index in [0.29, 0.717) is 6.54 Å². The van der Waals surface area contributed by atoms with Gasteiger partial charge in [0.05, 0.1) is 5.92 Å². The van der Waals surface area contributed by atoms with Crippen LogP contribution in [0.25, 0.3) is 0 Å². The second-order valence-corrected chi connectivity index (χ2v) is 5.21. The van der Waals surface area contributed by atoms with Crippen molar-refractivity contribution in [3.63, 3.8) is 0 Å². The summed E-state index contributed by atoms with van der Waals surface area (Å²) in [5, 5.41) is 3.04. The predicted octanol–water partition coefficient (Wildman–Crippen LogP) is 3.59. The van der Waals surface area contributed by atoms with Crippen LogP contribution in [-0.4, -0.2) is 5.91 Å². The summed E-state index contributed by atoms with van der Waals surface area (Å²) >= 11 is 0. The van der Waals surface area contributed by atoms with Crippen LogP contribution in [-0.2, 0) is 11.3 Å². The maximum absolute atomic E-state index is 12.6. The molecule has 2 aromatic rings. The van der Waals surface area contributed by atoms with Crippen molar-refractivity contribution >= 4 is 11.6 Å². The average molecular weight is 282 g/mol. The Kier molecular flexibility index (Phi) is 5.12. The molecule has 0 saturated heterocycles. The summed E-state index contributed by atoms with van der Waals surface area (Å²) in [6.07, 6.45) is 0.769. The van der Waals surface area contributed by atoms with Gasteiger partial charge in [0.15, 0.2) is 0 Å². The summed E-state index contributed by atoms with van der Waals surface area (Å²) in [6, 6.07) is 15.8. The van der Waals surface area contributed by atoms with Crippen LogP contribution in [0.3, 0.4) is 0 Å². The molecule has 21 heavy (non-hydrogen) atoms. The van der Waals surface area contributed by atoms with Gasteiger partial charge in [-0.1, -0.05) is 49.4 Å². The Morgan fingerprint density at radius 2 is 1.90 bits per heavy atom. The van der Waals surface area contributed by atoms with Crippen LogP contribution >= 0.6 is 0 Å². The molecule has 0 aromatic heterocycles. The van der Waals surface area contributed by atoms with E-state index < -0.39 is 0 Å². The summed E-state index contributed by atoms with van der Waals surface area (Å²) in [4.78, 5) is 12.6. The minimum Gasteiger partial charge on any atom is -0.326 e. The van der Waals surface area contributed by atoms with Crippen LogP contribution in [0.4, 0.5) is 5.69 Å². The molecule has 0 heterocycles. The van der Waals surface area contributed by atoms with E-state index in [9.17, 15) is 4.79 Å². The SMILES string of the molecule is CCC(C(=O)Nc1cc(CN)ccc1C)c1ccccc1. The zero-order valence-electron chi connectivity index (χ0n) is 12.6. The summed E-state index contributed by atoms with van der Waals surface area (Å²) in [5.74, 6) is -0.104. The average Bonchev–Trinajstić information content (AvgIpc) is 2.51. The molecular formula is C18H22N2O. The van der Waals surface area contributed by atoms with Gasteiger partial charge in [0.25, 0.3) is 0 Å². The molecule has 0 aliphatic rings. The fraction of sp³-hybridized carbons (Fsp3) is 0.278. The van der Waals surface area contributed by atoms with Crippen LogP contribution in [0.15, 0.2) is 48.5 Å². The molecule has 3 heteroatoms. The van der Waals surface area contributed by atoms with E-state index in [2.05, 4.69) is 5.32 Å². The maximum atomic E-state index is 12.6. The topological polar surface area (TPSA) is 55.1 Å². The Bertz CT molecular complexity index is 608. The molecular weight excluding hydrogens is 260 g/mol. The highest BCUT2D eigenvalue weighted by Gasteiger charge is 2.19. The van der Waals surface area contributed by atoms with Gasteiger partial charge in [-0.3, -0.25) is 4.79 Å². The van der Waals surface area contributed by atoms with E-state index in [1.807, 2.05) is 62.4 Å². The minimum absolute atomic E-state index is 0.0287. The molecule has 3 nitrogen and oxygen atoms in total. The van der Waals surface area contributed by atoms with Gasteiger partial charge in [0.2, 0.25) is 5.91 Å². The number of nitrogens with one attached hydrogen (secondary N) is 1. The number of carbonyl (C=O) groups is 1. The molecule has 0 fully saturated rings. The van der Waals surface area contributed by atoms with Crippen LogP contribution in [0.5, 0.6) is 0 Å². The molecule has 2 rings (SSSR count). The number of hydrogen-bond acceptors (Lipinski definition) is 2. The largest absolute Gasteiger partial charge is 0.326 e. The Morgan fingerprint density at radius 3 is 2.52 bits per heavy atom. The number of anilines is 1. The Labute approximate surface area is 126 Å². The van der Waals surface area contributed by atoms with Crippen molar-refractivity contribution in [1.82, 2.24) is 0 Å². The van der Waals surface area contributed by atoms with Crippen LogP contribution < -0.4 is 11.1 Å². The zero-order valence-corrected chi connectivity index (χ0v) is 12.6. The summed E-state index contributed by atoms with van der Waals surface area (Å²) in [7, 11) is 0. The number of rotatable bonds is 5. The van der Waals surface area contributed by atoms with Crippen molar-refractivity contribution in [2.75, 3.05) is 5.32 Å². The predicted molar refractivity (Wildman–Crippen MR) is 87.2 cm³/mol. The van der Waals surface area contributed by atoms with Crippen molar-refractivity contribution in [2.24, 2.45) is 5.73 Å². The molecule has 0 bridgehead atoms. The molecule has 3 N–H and O–H groups in total. The molecule has 0 saturated carbocycles. The second-order valence-electron chi connectivity index (χ2n) is 5.21. The first-order chi connectivity index (χ1) is 10.2. The second kappa shape index (κ2) is 7.04. The van der Waals surface area contributed by atoms with Crippen molar-refractivity contribution in [3.8, 4) is 0 Å². The van der Waals surface area contributed by atoms with Gasteiger partial charge in [0.1, 0.15) is 0 Å². The van der Waals surface area contributed by atoms with Crippen LogP contribution in [0.2, 0.25) is 0 Å². The Morgan fingerprint density at radius 1 is 1.19 bits per heavy atom.